The van der Waals surface area contributed by atoms with Gasteiger partial charge in [0.05, 0.1) is 0 Å². The molecule has 6 heteroatoms. The number of pyridine rings is 1. The Morgan fingerprint density at radius 1 is 1.09 bits per heavy atom. The maximum Gasteiger partial charge on any atom is 0.226 e. The third kappa shape index (κ3) is 3.53. The first-order chi connectivity index (χ1) is 15.1. The monoisotopic (exact) mass is 427 g/mol. The van der Waals surface area contributed by atoms with Crippen LogP contribution in [0.3, 0.4) is 0 Å². The molecule has 2 aliphatic rings. The number of nitrogens with zero attached hydrogens (tertiary/aromatic N) is 4. The molecule has 1 atom stereocenters. The van der Waals surface area contributed by atoms with E-state index in [-0.39, 0.29) is 22.7 Å². The molecule has 3 heterocycles. The van der Waals surface area contributed by atoms with Crippen LogP contribution in [0.2, 0.25) is 0 Å². The Kier molecular flexibility index (Phi) is 4.59. The second-order valence-electron chi connectivity index (χ2n) is 10.7. The number of rotatable bonds is 2. The van der Waals surface area contributed by atoms with Crippen molar-refractivity contribution in [3.8, 4) is 11.4 Å². The molecule has 0 spiro atoms. The topological polar surface area (TPSA) is 72.7 Å². The van der Waals surface area contributed by atoms with Gasteiger partial charge in [-0.1, -0.05) is 65.0 Å². The first-order valence-electron chi connectivity index (χ1n) is 11.1. The lowest BCUT2D eigenvalue weighted by molar-refractivity contribution is -0.118. The average molecular weight is 428 g/mol. The average Bonchev–Trinajstić information content (AvgIpc) is 3.15. The van der Waals surface area contributed by atoms with Crippen molar-refractivity contribution in [2.24, 2.45) is 5.41 Å². The predicted octanol–water partition coefficient (Wildman–Crippen LogP) is 5.30. The van der Waals surface area contributed by atoms with Gasteiger partial charge in [0.15, 0.2) is 11.6 Å². The summed E-state index contributed by atoms with van der Waals surface area (Å²) < 4.78 is 1.85. The number of carbonyl (C=O) groups excluding carboxylic acids is 1. The molecule has 2 aromatic heterocycles. The molecule has 1 aliphatic heterocycles. The Balaban J connectivity index is 1.61. The lowest BCUT2D eigenvalue weighted by Crippen LogP contribution is -2.36. The van der Waals surface area contributed by atoms with Gasteiger partial charge in [-0.3, -0.25) is 9.78 Å². The number of hydrogen-bond donors (Lipinski definition) is 1. The molecule has 6 nitrogen and oxygen atoms in total. The minimum atomic E-state index is -0.325. The Labute approximate surface area is 188 Å². The van der Waals surface area contributed by atoms with Crippen molar-refractivity contribution in [1.82, 2.24) is 19.7 Å². The van der Waals surface area contributed by atoms with Crippen LogP contribution in [0.5, 0.6) is 0 Å². The number of Topliss-reactive ketones (excluding diaryl/α,β-unsaturated/α-hetero) is 1. The molecular weight excluding hydrogens is 398 g/mol. The second-order valence-corrected chi connectivity index (χ2v) is 10.7. The molecule has 0 saturated heterocycles. The normalized spacial score (nSPS) is 19.9. The summed E-state index contributed by atoms with van der Waals surface area (Å²) in [6.07, 6.45) is 4.88. The van der Waals surface area contributed by atoms with Gasteiger partial charge in [-0.25, -0.2) is 4.68 Å². The SMILES string of the molecule is CC1(C)CC(=O)C2=C(C1)Nc1nc(-c3ccc(C(C)(C)C)cc3)nn1C2c1cccnc1. The van der Waals surface area contributed by atoms with Crippen LogP contribution in [0.15, 0.2) is 60.1 Å². The largest absolute Gasteiger partial charge is 0.328 e. The summed E-state index contributed by atoms with van der Waals surface area (Å²) in [6.45, 7) is 10.9. The Bertz CT molecular complexity index is 1210. The molecule has 164 valence electrons. The molecule has 1 unspecified atom stereocenters. The summed E-state index contributed by atoms with van der Waals surface area (Å²) in [5.41, 5.74) is 4.89. The lowest BCUT2D eigenvalue weighted by atomic mass is 9.73. The molecule has 1 aliphatic carbocycles. The van der Waals surface area contributed by atoms with Gasteiger partial charge in [-0.05, 0) is 34.4 Å². The van der Waals surface area contributed by atoms with Crippen molar-refractivity contribution < 1.29 is 4.79 Å². The third-order valence-electron chi connectivity index (χ3n) is 6.34. The van der Waals surface area contributed by atoms with Crippen LogP contribution >= 0.6 is 0 Å². The van der Waals surface area contributed by atoms with Crippen LogP contribution in [-0.4, -0.2) is 25.5 Å². The third-order valence-corrected chi connectivity index (χ3v) is 6.34. The molecule has 0 bridgehead atoms. The van der Waals surface area contributed by atoms with E-state index in [0.29, 0.717) is 18.2 Å². The number of benzene rings is 1. The zero-order valence-corrected chi connectivity index (χ0v) is 19.3. The molecular formula is C26H29N5O. The fraction of sp³-hybridized carbons (Fsp3) is 0.385. The second kappa shape index (κ2) is 7.12. The van der Waals surface area contributed by atoms with Crippen molar-refractivity contribution in [2.75, 3.05) is 5.32 Å². The Morgan fingerprint density at radius 3 is 2.50 bits per heavy atom. The number of ketones is 1. The number of nitrogens with one attached hydrogen (secondary N) is 1. The highest BCUT2D eigenvalue weighted by Crippen LogP contribution is 2.45. The van der Waals surface area contributed by atoms with Crippen LogP contribution in [0.4, 0.5) is 5.95 Å². The van der Waals surface area contributed by atoms with E-state index >= 15 is 0 Å². The van der Waals surface area contributed by atoms with E-state index in [1.165, 1.54) is 5.56 Å². The molecule has 32 heavy (non-hydrogen) atoms. The number of anilines is 1. The van der Waals surface area contributed by atoms with Gasteiger partial charge in [-0.15, -0.1) is 5.10 Å². The smallest absolute Gasteiger partial charge is 0.226 e. The van der Waals surface area contributed by atoms with E-state index < -0.39 is 0 Å². The number of aromatic nitrogens is 4. The van der Waals surface area contributed by atoms with Crippen LogP contribution in [0, 0.1) is 5.41 Å². The van der Waals surface area contributed by atoms with Gasteiger partial charge in [0.2, 0.25) is 5.95 Å². The first-order valence-corrected chi connectivity index (χ1v) is 11.1. The van der Waals surface area contributed by atoms with Crippen LogP contribution in [0.25, 0.3) is 11.4 Å². The van der Waals surface area contributed by atoms with Gasteiger partial charge >= 0.3 is 0 Å². The highest BCUT2D eigenvalue weighted by molar-refractivity contribution is 6.00. The fourth-order valence-electron chi connectivity index (χ4n) is 4.70. The molecule has 1 N–H and O–H groups in total. The van der Waals surface area contributed by atoms with E-state index in [9.17, 15) is 4.79 Å². The lowest BCUT2D eigenvalue weighted by Gasteiger charge is -2.38. The molecule has 0 saturated carbocycles. The number of carbonyl (C=O) groups is 1. The number of fused-ring (bicyclic) bond motifs is 1. The fourth-order valence-corrected chi connectivity index (χ4v) is 4.70. The van der Waals surface area contributed by atoms with Crippen molar-refractivity contribution in [2.45, 2.75) is 58.9 Å². The van der Waals surface area contributed by atoms with Crippen molar-refractivity contribution >= 4 is 11.7 Å². The molecule has 5 rings (SSSR count). The molecule has 3 aromatic rings. The Morgan fingerprint density at radius 2 is 1.84 bits per heavy atom. The van der Waals surface area contributed by atoms with Crippen LogP contribution < -0.4 is 5.32 Å². The zero-order valence-electron chi connectivity index (χ0n) is 19.3. The van der Waals surface area contributed by atoms with Crippen molar-refractivity contribution in [1.29, 1.82) is 0 Å². The predicted molar refractivity (Wildman–Crippen MR) is 125 cm³/mol. The van der Waals surface area contributed by atoms with E-state index in [1.807, 2.05) is 23.0 Å². The molecule has 0 fully saturated rings. The van der Waals surface area contributed by atoms with Crippen LogP contribution in [0.1, 0.15) is 64.6 Å². The highest BCUT2D eigenvalue weighted by Gasteiger charge is 2.42. The number of hydrogen-bond acceptors (Lipinski definition) is 5. The summed E-state index contributed by atoms with van der Waals surface area (Å²) in [5, 5.41) is 8.30. The van der Waals surface area contributed by atoms with Gasteiger partial charge in [0, 0.05) is 35.6 Å². The number of allylic oxidation sites excluding steroid dienone is 2. The maximum absolute atomic E-state index is 13.3. The van der Waals surface area contributed by atoms with E-state index in [0.717, 1.165) is 28.8 Å². The standard InChI is InChI=1S/C26H29N5O/c1-25(2,3)18-10-8-16(9-11-18)23-29-24-28-19-13-26(4,5)14-20(32)21(19)22(31(24)30-23)17-7-6-12-27-15-17/h6-12,15,22H,13-14H2,1-5H3,(H,28,29,30). The minimum Gasteiger partial charge on any atom is -0.328 e. The first kappa shape index (κ1) is 20.6. The van der Waals surface area contributed by atoms with Gasteiger partial charge in [0.1, 0.15) is 6.04 Å². The zero-order chi connectivity index (χ0) is 22.7. The summed E-state index contributed by atoms with van der Waals surface area (Å²) in [5.74, 6) is 1.47. The molecule has 0 amide bonds. The quantitative estimate of drug-likeness (QED) is 0.601. The summed E-state index contributed by atoms with van der Waals surface area (Å²) >= 11 is 0. The van der Waals surface area contributed by atoms with E-state index in [2.05, 4.69) is 69.2 Å². The summed E-state index contributed by atoms with van der Waals surface area (Å²) in [4.78, 5) is 22.4. The van der Waals surface area contributed by atoms with Gasteiger partial charge in [-0.2, -0.15) is 4.98 Å². The van der Waals surface area contributed by atoms with Crippen molar-refractivity contribution in [3.63, 3.8) is 0 Å². The highest BCUT2D eigenvalue weighted by atomic mass is 16.1. The van der Waals surface area contributed by atoms with Gasteiger partial charge < -0.3 is 5.32 Å². The summed E-state index contributed by atoms with van der Waals surface area (Å²) in [6, 6.07) is 12.0. The van der Waals surface area contributed by atoms with E-state index in [1.54, 1.807) is 6.20 Å². The molecule has 0 radical (unpaired) electrons. The van der Waals surface area contributed by atoms with Crippen molar-refractivity contribution in [3.05, 3.63) is 71.2 Å². The summed E-state index contributed by atoms with van der Waals surface area (Å²) in [7, 11) is 0. The van der Waals surface area contributed by atoms with Gasteiger partial charge in [0.25, 0.3) is 0 Å². The van der Waals surface area contributed by atoms with E-state index in [4.69, 9.17) is 10.1 Å². The Hall–Kier alpha value is -3.28. The molecule has 1 aromatic carbocycles. The van der Waals surface area contributed by atoms with Crippen LogP contribution in [-0.2, 0) is 10.2 Å². The maximum atomic E-state index is 13.3. The minimum absolute atomic E-state index is 0.0858.